The van der Waals surface area contributed by atoms with E-state index in [9.17, 15) is 9.90 Å². The Kier molecular flexibility index (Phi) is 3.67. The zero-order valence-corrected chi connectivity index (χ0v) is 13.4. The highest BCUT2D eigenvalue weighted by Crippen LogP contribution is 2.37. The molecule has 2 N–H and O–H groups in total. The molecule has 0 aliphatic heterocycles. The number of hydrogen-bond donors (Lipinski definition) is 2. The Hall–Kier alpha value is -3.24. The van der Waals surface area contributed by atoms with Crippen LogP contribution in [0.4, 0.5) is 0 Å². The van der Waals surface area contributed by atoms with Gasteiger partial charge in [-0.2, -0.15) is 0 Å². The molecule has 1 aromatic heterocycles. The van der Waals surface area contributed by atoms with E-state index < -0.39 is 5.60 Å². The van der Waals surface area contributed by atoms with Gasteiger partial charge >= 0.3 is 0 Å². The van der Waals surface area contributed by atoms with Gasteiger partial charge in [-0.3, -0.25) is 4.79 Å². The largest absolute Gasteiger partial charge is 0.376 e. The highest BCUT2D eigenvalue weighted by Gasteiger charge is 2.33. The molecular formula is C21H16N2O2. The number of nitrogens with one attached hydrogen (secondary N) is 1. The molecule has 0 saturated carbocycles. The maximum atomic E-state index is 12.2. The summed E-state index contributed by atoms with van der Waals surface area (Å²) in [6.07, 6.45) is 1.38. The summed E-state index contributed by atoms with van der Waals surface area (Å²) in [6.45, 7) is 0. The van der Waals surface area contributed by atoms with Crippen LogP contribution in [0, 0.1) is 0 Å². The lowest BCUT2D eigenvalue weighted by Crippen LogP contribution is -2.29. The molecule has 3 aromatic carbocycles. The maximum Gasteiger partial charge on any atom is 0.258 e. The van der Waals surface area contributed by atoms with E-state index in [0.29, 0.717) is 16.5 Å². The Morgan fingerprint density at radius 2 is 1.40 bits per heavy atom. The molecule has 0 bridgehead atoms. The molecule has 0 radical (unpaired) electrons. The third kappa shape index (κ3) is 2.53. The second-order valence-electron chi connectivity index (χ2n) is 5.91. The Labute approximate surface area is 144 Å². The van der Waals surface area contributed by atoms with Gasteiger partial charge in [0.1, 0.15) is 5.60 Å². The van der Waals surface area contributed by atoms with Crippen LogP contribution >= 0.6 is 0 Å². The summed E-state index contributed by atoms with van der Waals surface area (Å²) in [5.74, 6) is 0. The van der Waals surface area contributed by atoms with E-state index in [2.05, 4.69) is 9.97 Å². The van der Waals surface area contributed by atoms with Gasteiger partial charge in [0.25, 0.3) is 5.56 Å². The molecule has 0 unspecified atom stereocenters. The molecule has 4 rings (SSSR count). The van der Waals surface area contributed by atoms with Gasteiger partial charge < -0.3 is 10.1 Å². The standard InChI is InChI=1S/C21H16N2O2/c24-20-18-13-17(11-12-19(18)22-14-23-20)21(25,15-7-3-1-4-8-15)16-9-5-2-6-10-16/h1-14,25H,(H,22,23,24). The van der Waals surface area contributed by atoms with Crippen molar-refractivity contribution in [1.29, 1.82) is 0 Å². The molecular weight excluding hydrogens is 312 g/mol. The second-order valence-corrected chi connectivity index (χ2v) is 5.91. The fourth-order valence-electron chi connectivity index (χ4n) is 3.15. The van der Waals surface area contributed by atoms with E-state index in [-0.39, 0.29) is 5.56 Å². The summed E-state index contributed by atoms with van der Waals surface area (Å²) in [7, 11) is 0. The molecule has 0 atom stereocenters. The van der Waals surface area contributed by atoms with E-state index >= 15 is 0 Å². The number of benzene rings is 3. The van der Waals surface area contributed by atoms with Gasteiger partial charge in [0.15, 0.2) is 0 Å². The van der Waals surface area contributed by atoms with E-state index in [4.69, 9.17) is 0 Å². The normalized spacial score (nSPS) is 11.6. The van der Waals surface area contributed by atoms with Gasteiger partial charge in [-0.15, -0.1) is 0 Å². The van der Waals surface area contributed by atoms with E-state index in [0.717, 1.165) is 11.1 Å². The van der Waals surface area contributed by atoms with Crippen molar-refractivity contribution in [2.75, 3.05) is 0 Å². The smallest absolute Gasteiger partial charge is 0.258 e. The lowest BCUT2D eigenvalue weighted by molar-refractivity contribution is 0.126. The van der Waals surface area contributed by atoms with Crippen molar-refractivity contribution in [2.45, 2.75) is 5.60 Å². The average Bonchev–Trinajstić information content (AvgIpc) is 2.69. The highest BCUT2D eigenvalue weighted by atomic mass is 16.3. The van der Waals surface area contributed by atoms with Crippen molar-refractivity contribution in [3.8, 4) is 0 Å². The SMILES string of the molecule is O=c1[nH]cnc2ccc(C(O)(c3ccccc3)c3ccccc3)cc12. The second kappa shape index (κ2) is 6.00. The minimum absolute atomic E-state index is 0.227. The van der Waals surface area contributed by atoms with Crippen molar-refractivity contribution in [1.82, 2.24) is 9.97 Å². The highest BCUT2D eigenvalue weighted by molar-refractivity contribution is 5.78. The van der Waals surface area contributed by atoms with Crippen LogP contribution in [0.3, 0.4) is 0 Å². The fourth-order valence-corrected chi connectivity index (χ4v) is 3.15. The van der Waals surface area contributed by atoms with Crippen molar-refractivity contribution >= 4 is 10.9 Å². The summed E-state index contributed by atoms with van der Waals surface area (Å²) in [5.41, 5.74) is 1.10. The zero-order valence-electron chi connectivity index (χ0n) is 13.4. The third-order valence-corrected chi connectivity index (χ3v) is 4.44. The molecule has 0 aliphatic rings. The van der Waals surface area contributed by atoms with Crippen molar-refractivity contribution in [3.63, 3.8) is 0 Å². The number of aromatic amines is 1. The Balaban J connectivity index is 2.02. The molecule has 0 saturated heterocycles. The van der Waals surface area contributed by atoms with Gasteiger partial charge in [0.05, 0.1) is 17.2 Å². The molecule has 0 aliphatic carbocycles. The molecule has 25 heavy (non-hydrogen) atoms. The van der Waals surface area contributed by atoms with Crippen LogP contribution in [0.15, 0.2) is 90.0 Å². The fraction of sp³-hybridized carbons (Fsp3) is 0.0476. The molecule has 0 spiro atoms. The summed E-state index contributed by atoms with van der Waals surface area (Å²) in [5, 5.41) is 12.2. The van der Waals surface area contributed by atoms with Crippen LogP contribution in [0.1, 0.15) is 16.7 Å². The quantitative estimate of drug-likeness (QED) is 0.568. The average molecular weight is 328 g/mol. The van der Waals surface area contributed by atoms with Crippen LogP contribution in [0.2, 0.25) is 0 Å². The lowest BCUT2D eigenvalue weighted by Gasteiger charge is -2.30. The summed E-state index contributed by atoms with van der Waals surface area (Å²) >= 11 is 0. The monoisotopic (exact) mass is 328 g/mol. The molecule has 4 heteroatoms. The Morgan fingerprint density at radius 1 is 0.800 bits per heavy atom. The lowest BCUT2D eigenvalue weighted by atomic mass is 9.80. The minimum Gasteiger partial charge on any atom is -0.376 e. The topological polar surface area (TPSA) is 66.0 Å². The van der Waals surface area contributed by atoms with Gasteiger partial charge in [-0.25, -0.2) is 4.98 Å². The van der Waals surface area contributed by atoms with Crippen molar-refractivity contribution in [2.24, 2.45) is 0 Å². The van der Waals surface area contributed by atoms with Crippen molar-refractivity contribution in [3.05, 3.63) is 112 Å². The van der Waals surface area contributed by atoms with Gasteiger partial charge in [0, 0.05) is 0 Å². The summed E-state index contributed by atoms with van der Waals surface area (Å²) in [4.78, 5) is 18.9. The first-order chi connectivity index (χ1) is 12.2. The maximum absolute atomic E-state index is 12.2. The van der Waals surface area contributed by atoms with Gasteiger partial charge in [0.2, 0.25) is 0 Å². The first-order valence-corrected chi connectivity index (χ1v) is 8.01. The molecule has 0 amide bonds. The number of hydrogen-bond acceptors (Lipinski definition) is 3. The number of fused-ring (bicyclic) bond motifs is 1. The predicted molar refractivity (Wildman–Crippen MR) is 97.3 cm³/mol. The van der Waals surface area contributed by atoms with Gasteiger partial charge in [-0.05, 0) is 28.8 Å². The minimum atomic E-state index is -1.36. The first-order valence-electron chi connectivity index (χ1n) is 8.01. The molecule has 122 valence electrons. The van der Waals surface area contributed by atoms with Crippen LogP contribution in [0.25, 0.3) is 10.9 Å². The predicted octanol–water partition coefficient (Wildman–Crippen LogP) is 3.21. The third-order valence-electron chi connectivity index (χ3n) is 4.44. The number of aliphatic hydroxyl groups is 1. The van der Waals surface area contributed by atoms with E-state index in [1.54, 1.807) is 12.1 Å². The Bertz CT molecular complexity index is 1030. The van der Waals surface area contributed by atoms with E-state index in [1.807, 2.05) is 66.7 Å². The molecule has 4 nitrogen and oxygen atoms in total. The van der Waals surface area contributed by atoms with Crippen LogP contribution in [0.5, 0.6) is 0 Å². The summed E-state index contributed by atoms with van der Waals surface area (Å²) < 4.78 is 0. The Morgan fingerprint density at radius 3 is 2.00 bits per heavy atom. The summed E-state index contributed by atoms with van der Waals surface area (Å²) in [6, 6.07) is 24.2. The number of aromatic nitrogens is 2. The number of nitrogens with zero attached hydrogens (tertiary/aromatic N) is 1. The van der Waals surface area contributed by atoms with E-state index in [1.165, 1.54) is 6.33 Å². The molecule has 0 fully saturated rings. The van der Waals surface area contributed by atoms with Crippen LogP contribution < -0.4 is 5.56 Å². The number of H-pyrrole nitrogens is 1. The van der Waals surface area contributed by atoms with Crippen molar-refractivity contribution < 1.29 is 5.11 Å². The number of rotatable bonds is 3. The molecule has 4 aromatic rings. The van der Waals surface area contributed by atoms with Crippen LogP contribution in [-0.4, -0.2) is 15.1 Å². The first kappa shape index (κ1) is 15.3. The molecule has 1 heterocycles. The van der Waals surface area contributed by atoms with Crippen LogP contribution in [-0.2, 0) is 5.60 Å². The van der Waals surface area contributed by atoms with Gasteiger partial charge in [-0.1, -0.05) is 66.7 Å². The zero-order chi connectivity index (χ0) is 17.3.